The van der Waals surface area contributed by atoms with Crippen LogP contribution in [0.4, 0.5) is 0 Å². The van der Waals surface area contributed by atoms with Gasteiger partial charge in [-0.1, -0.05) is 46.3 Å². The van der Waals surface area contributed by atoms with Crippen LogP contribution in [0.2, 0.25) is 0 Å². The first-order valence-corrected chi connectivity index (χ1v) is 6.03. The number of carboxylic acid groups (broad SMARTS) is 1. The summed E-state index contributed by atoms with van der Waals surface area (Å²) in [6.45, 7) is 16.3. The molecule has 0 heterocycles. The predicted molar refractivity (Wildman–Crippen MR) is 76.7 cm³/mol. The second-order valence-corrected chi connectivity index (χ2v) is 4.93. The summed E-state index contributed by atoms with van der Waals surface area (Å²) in [4.78, 5) is 10.1. The maximum absolute atomic E-state index is 10.1. The predicted octanol–water partition coefficient (Wildman–Crippen LogP) is 3.83. The van der Waals surface area contributed by atoms with Gasteiger partial charge in [0.2, 0.25) is 0 Å². The van der Waals surface area contributed by atoms with Gasteiger partial charge in [0.05, 0.1) is 12.7 Å². The Kier molecular flexibility index (Phi) is 11.4. The van der Waals surface area contributed by atoms with Gasteiger partial charge in [0.1, 0.15) is 0 Å². The number of aliphatic carboxylic acids is 1. The summed E-state index contributed by atoms with van der Waals surface area (Å²) in [6, 6.07) is 0. The van der Waals surface area contributed by atoms with Crippen molar-refractivity contribution >= 4 is 5.97 Å². The second kappa shape index (κ2) is 10.8. The minimum atomic E-state index is -0.996. The zero-order chi connectivity index (χ0) is 14.6. The van der Waals surface area contributed by atoms with Gasteiger partial charge < -0.3 is 9.84 Å². The molecule has 0 amide bonds. The number of ether oxygens (including phenoxy) is 1. The third-order valence-corrected chi connectivity index (χ3v) is 2.13. The summed E-state index contributed by atoms with van der Waals surface area (Å²) in [5.74, 6) is -0.996. The fourth-order valence-corrected chi connectivity index (χ4v) is 0.558. The van der Waals surface area contributed by atoms with E-state index < -0.39 is 5.97 Å². The van der Waals surface area contributed by atoms with Gasteiger partial charge in [0.15, 0.2) is 0 Å². The Morgan fingerprint density at radius 1 is 1.39 bits per heavy atom. The molecule has 0 aliphatic carbocycles. The zero-order valence-electron chi connectivity index (χ0n) is 12.0. The van der Waals surface area contributed by atoms with E-state index in [0.29, 0.717) is 12.0 Å². The van der Waals surface area contributed by atoms with Crippen molar-refractivity contribution in [1.82, 2.24) is 0 Å². The lowest BCUT2D eigenvalue weighted by molar-refractivity contribution is -0.131. The molecule has 1 unspecified atom stereocenters. The van der Waals surface area contributed by atoms with Crippen molar-refractivity contribution in [3.63, 3.8) is 0 Å². The molecule has 0 aromatic heterocycles. The lowest BCUT2D eigenvalue weighted by Crippen LogP contribution is -2.06. The van der Waals surface area contributed by atoms with E-state index >= 15 is 0 Å². The van der Waals surface area contributed by atoms with Gasteiger partial charge in [-0.3, -0.25) is 0 Å². The van der Waals surface area contributed by atoms with Crippen molar-refractivity contribution in [2.24, 2.45) is 5.41 Å². The van der Waals surface area contributed by atoms with Crippen LogP contribution in [0.5, 0.6) is 0 Å². The van der Waals surface area contributed by atoms with E-state index in [9.17, 15) is 4.79 Å². The molecule has 1 atom stereocenters. The zero-order valence-corrected chi connectivity index (χ0v) is 12.0. The third-order valence-electron chi connectivity index (χ3n) is 2.13. The fraction of sp³-hybridized carbons (Fsp3) is 0.533. The summed E-state index contributed by atoms with van der Waals surface area (Å²) in [6.07, 6.45) is 6.45. The molecule has 0 saturated heterocycles. The van der Waals surface area contributed by atoms with Gasteiger partial charge in [-0.15, -0.1) is 13.2 Å². The molecule has 0 saturated carbocycles. The molecule has 18 heavy (non-hydrogen) atoms. The van der Waals surface area contributed by atoms with E-state index in [0.717, 1.165) is 6.08 Å². The Morgan fingerprint density at radius 3 is 2.17 bits per heavy atom. The summed E-state index contributed by atoms with van der Waals surface area (Å²) < 4.78 is 5.10. The highest BCUT2D eigenvalue weighted by Crippen LogP contribution is 2.16. The lowest BCUT2D eigenvalue weighted by Gasteiger charge is -2.12. The molecule has 1 N–H and O–H groups in total. The highest BCUT2D eigenvalue weighted by atomic mass is 16.5. The largest absolute Gasteiger partial charge is 0.478 e. The minimum absolute atomic E-state index is 0.362. The molecule has 0 radical (unpaired) electrons. The molecular weight excluding hydrogens is 228 g/mol. The first kappa shape index (κ1) is 19.0. The molecule has 0 aromatic rings. The molecule has 104 valence electrons. The molecule has 0 spiro atoms. The van der Waals surface area contributed by atoms with E-state index in [4.69, 9.17) is 9.84 Å². The van der Waals surface area contributed by atoms with Crippen molar-refractivity contribution < 1.29 is 14.6 Å². The Morgan fingerprint density at radius 2 is 1.89 bits per heavy atom. The van der Waals surface area contributed by atoms with Gasteiger partial charge in [0.25, 0.3) is 0 Å². The monoisotopic (exact) mass is 254 g/mol. The van der Waals surface area contributed by atoms with Crippen LogP contribution in [0.3, 0.4) is 0 Å². The van der Waals surface area contributed by atoms with Crippen molar-refractivity contribution in [1.29, 1.82) is 0 Å². The van der Waals surface area contributed by atoms with Crippen molar-refractivity contribution in [2.45, 2.75) is 40.2 Å². The standard InChI is InChI=1S/C9H12O3.C6H14/c1-3-7-12-8(4-2)5-6-9(10)11;1-5-6(2,3)4/h3-6,8H,1-2,7H2,(H,10,11);5H2,1-4H3. The van der Waals surface area contributed by atoms with Crippen molar-refractivity contribution in [3.05, 3.63) is 37.5 Å². The molecular formula is C15H26O3. The summed E-state index contributed by atoms with van der Waals surface area (Å²) in [5.41, 5.74) is 0.542. The third kappa shape index (κ3) is 17.1. The van der Waals surface area contributed by atoms with E-state index in [1.165, 1.54) is 18.6 Å². The van der Waals surface area contributed by atoms with Gasteiger partial charge in [-0.25, -0.2) is 4.79 Å². The van der Waals surface area contributed by atoms with Gasteiger partial charge in [0, 0.05) is 6.08 Å². The Balaban J connectivity index is 0. The smallest absolute Gasteiger partial charge is 0.328 e. The topological polar surface area (TPSA) is 46.5 Å². The molecule has 0 bridgehead atoms. The number of rotatable bonds is 6. The van der Waals surface area contributed by atoms with Gasteiger partial charge >= 0.3 is 5.97 Å². The summed E-state index contributed by atoms with van der Waals surface area (Å²) in [5, 5.41) is 8.29. The Labute approximate surface area is 111 Å². The van der Waals surface area contributed by atoms with Crippen LogP contribution >= 0.6 is 0 Å². The Hall–Kier alpha value is -1.35. The van der Waals surface area contributed by atoms with E-state index in [-0.39, 0.29) is 6.10 Å². The van der Waals surface area contributed by atoms with Crippen LogP contribution in [0.25, 0.3) is 0 Å². The summed E-state index contributed by atoms with van der Waals surface area (Å²) >= 11 is 0. The molecule has 0 aliphatic heterocycles. The lowest BCUT2D eigenvalue weighted by atomic mass is 9.94. The van der Waals surface area contributed by atoms with Crippen LogP contribution in [0, 0.1) is 5.41 Å². The van der Waals surface area contributed by atoms with Crippen LogP contribution in [0.1, 0.15) is 34.1 Å². The van der Waals surface area contributed by atoms with E-state index in [1.54, 1.807) is 6.08 Å². The first-order chi connectivity index (χ1) is 8.26. The first-order valence-electron chi connectivity index (χ1n) is 6.03. The quantitative estimate of drug-likeness (QED) is 0.579. The van der Waals surface area contributed by atoms with Gasteiger partial charge in [-0.05, 0) is 11.5 Å². The van der Waals surface area contributed by atoms with E-state index in [2.05, 4.69) is 40.9 Å². The second-order valence-electron chi connectivity index (χ2n) is 4.93. The fourth-order valence-electron chi connectivity index (χ4n) is 0.558. The molecule has 0 aliphatic rings. The normalized spacial score (nSPS) is 12.4. The van der Waals surface area contributed by atoms with Crippen LogP contribution in [-0.4, -0.2) is 23.8 Å². The van der Waals surface area contributed by atoms with Crippen LogP contribution in [-0.2, 0) is 9.53 Å². The number of hydrogen-bond acceptors (Lipinski definition) is 2. The maximum atomic E-state index is 10.1. The average Bonchev–Trinajstić information content (AvgIpc) is 2.29. The highest BCUT2D eigenvalue weighted by molar-refractivity contribution is 5.79. The maximum Gasteiger partial charge on any atom is 0.328 e. The van der Waals surface area contributed by atoms with Crippen LogP contribution < -0.4 is 0 Å². The number of carboxylic acids is 1. The van der Waals surface area contributed by atoms with Gasteiger partial charge in [-0.2, -0.15) is 0 Å². The van der Waals surface area contributed by atoms with Crippen molar-refractivity contribution in [3.8, 4) is 0 Å². The molecule has 0 aromatic carbocycles. The molecule has 0 rings (SSSR count). The van der Waals surface area contributed by atoms with Crippen molar-refractivity contribution in [2.75, 3.05) is 6.61 Å². The summed E-state index contributed by atoms with van der Waals surface area (Å²) in [7, 11) is 0. The number of carbonyl (C=O) groups is 1. The molecule has 3 heteroatoms. The van der Waals surface area contributed by atoms with E-state index in [1.807, 2.05) is 0 Å². The Bertz CT molecular complexity index is 272. The molecule has 0 fully saturated rings. The number of hydrogen-bond donors (Lipinski definition) is 1. The SMILES string of the molecule is C=CCOC(C=C)C=CC(=O)O.CCC(C)(C)C. The van der Waals surface area contributed by atoms with Crippen LogP contribution in [0.15, 0.2) is 37.5 Å². The average molecular weight is 254 g/mol. The highest BCUT2D eigenvalue weighted by Gasteiger charge is 2.03. The minimum Gasteiger partial charge on any atom is -0.478 e. The molecule has 3 nitrogen and oxygen atoms in total.